The van der Waals surface area contributed by atoms with Gasteiger partial charge >= 0.3 is 0 Å². The normalized spacial score (nSPS) is 10.7. The van der Waals surface area contributed by atoms with Gasteiger partial charge in [0, 0.05) is 18.9 Å². The average molecular weight is 378 g/mol. The smallest absolute Gasteiger partial charge is 0.272 e. The molecule has 1 N–H and O–H groups in total. The highest BCUT2D eigenvalue weighted by atomic mass is 79.9. The topological polar surface area (TPSA) is 64.7 Å². The Morgan fingerprint density at radius 3 is 2.70 bits per heavy atom. The highest BCUT2D eigenvalue weighted by Crippen LogP contribution is 2.07. The van der Waals surface area contributed by atoms with Crippen LogP contribution in [0.25, 0.3) is 0 Å². The molecule has 2 heterocycles. The van der Waals surface area contributed by atoms with E-state index in [9.17, 15) is 9.18 Å². The van der Waals surface area contributed by atoms with Crippen LogP contribution in [0.4, 0.5) is 4.39 Å². The molecule has 0 aliphatic rings. The van der Waals surface area contributed by atoms with Crippen LogP contribution in [0.5, 0.6) is 0 Å². The molecule has 2 aromatic heterocycles. The van der Waals surface area contributed by atoms with Gasteiger partial charge in [-0.1, -0.05) is 12.1 Å². The number of hydrogen-bond acceptors (Lipinski definition) is 3. The predicted octanol–water partition coefficient (Wildman–Crippen LogP) is 2.42. The fourth-order valence-corrected chi connectivity index (χ4v) is 2.33. The molecule has 23 heavy (non-hydrogen) atoms. The third kappa shape index (κ3) is 4.04. The fourth-order valence-electron chi connectivity index (χ4n) is 2.00. The Morgan fingerprint density at radius 1 is 1.22 bits per heavy atom. The Bertz CT molecular complexity index is 811. The second-order valence-corrected chi connectivity index (χ2v) is 5.80. The number of rotatable bonds is 5. The Hall–Kier alpha value is -2.48. The minimum atomic E-state index is -0.302. The van der Waals surface area contributed by atoms with Crippen LogP contribution < -0.4 is 5.32 Å². The molecule has 0 spiro atoms. The maximum absolute atomic E-state index is 12.8. The van der Waals surface area contributed by atoms with Crippen molar-refractivity contribution in [2.75, 3.05) is 0 Å². The van der Waals surface area contributed by atoms with Crippen molar-refractivity contribution in [1.82, 2.24) is 24.9 Å². The van der Waals surface area contributed by atoms with E-state index >= 15 is 0 Å². The van der Waals surface area contributed by atoms with Gasteiger partial charge in [-0.25, -0.2) is 9.07 Å². The number of halogens is 2. The zero-order valence-electron chi connectivity index (χ0n) is 12.0. The van der Waals surface area contributed by atoms with Crippen molar-refractivity contribution < 1.29 is 9.18 Å². The van der Waals surface area contributed by atoms with Crippen LogP contribution in [-0.4, -0.2) is 25.5 Å². The molecule has 0 aliphatic carbocycles. The van der Waals surface area contributed by atoms with E-state index in [2.05, 4.69) is 31.4 Å². The van der Waals surface area contributed by atoms with E-state index in [0.29, 0.717) is 18.9 Å². The maximum Gasteiger partial charge on any atom is 0.272 e. The summed E-state index contributed by atoms with van der Waals surface area (Å²) in [4.78, 5) is 12.1. The molecule has 0 fully saturated rings. The summed E-state index contributed by atoms with van der Waals surface area (Å²) >= 11 is 3.32. The molecule has 0 aliphatic heterocycles. The lowest BCUT2D eigenvalue weighted by Gasteiger charge is -2.04. The summed E-state index contributed by atoms with van der Waals surface area (Å²) in [6.07, 6.45) is 5.21. The van der Waals surface area contributed by atoms with Crippen LogP contribution in [0.3, 0.4) is 0 Å². The van der Waals surface area contributed by atoms with E-state index in [1.807, 2.05) is 6.20 Å². The largest absolute Gasteiger partial charge is 0.347 e. The van der Waals surface area contributed by atoms with Crippen molar-refractivity contribution in [3.05, 3.63) is 70.5 Å². The zero-order chi connectivity index (χ0) is 16.2. The fraction of sp³-hybridized carbons (Fsp3) is 0.133. The van der Waals surface area contributed by atoms with Gasteiger partial charge in [0.25, 0.3) is 5.91 Å². The van der Waals surface area contributed by atoms with Crippen molar-refractivity contribution in [3.8, 4) is 0 Å². The van der Waals surface area contributed by atoms with Crippen LogP contribution >= 0.6 is 15.9 Å². The van der Waals surface area contributed by atoms with Gasteiger partial charge in [-0.3, -0.25) is 9.48 Å². The van der Waals surface area contributed by atoms with Gasteiger partial charge in [-0.15, -0.1) is 0 Å². The molecule has 3 rings (SSSR count). The van der Waals surface area contributed by atoms with Gasteiger partial charge in [0.05, 0.1) is 10.7 Å². The highest BCUT2D eigenvalue weighted by molar-refractivity contribution is 9.10. The van der Waals surface area contributed by atoms with Gasteiger partial charge < -0.3 is 5.32 Å². The molecule has 0 radical (unpaired) electrons. The predicted molar refractivity (Wildman–Crippen MR) is 85.1 cm³/mol. The van der Waals surface area contributed by atoms with E-state index < -0.39 is 0 Å². The van der Waals surface area contributed by atoms with E-state index in [1.165, 1.54) is 12.1 Å². The molecule has 6 nitrogen and oxygen atoms in total. The van der Waals surface area contributed by atoms with Crippen LogP contribution in [0.1, 0.15) is 16.1 Å². The molecule has 8 heteroatoms. The zero-order valence-corrected chi connectivity index (χ0v) is 13.6. The summed E-state index contributed by atoms with van der Waals surface area (Å²) in [7, 11) is 0. The summed E-state index contributed by atoms with van der Waals surface area (Å²) in [6.45, 7) is 0.731. The van der Waals surface area contributed by atoms with Crippen molar-refractivity contribution in [1.29, 1.82) is 0 Å². The average Bonchev–Trinajstić information content (AvgIpc) is 3.16. The first-order valence-corrected chi connectivity index (χ1v) is 7.63. The number of carbonyl (C=O) groups is 1. The van der Waals surface area contributed by atoms with Gasteiger partial charge in [-0.05, 0) is 39.7 Å². The molecule has 0 unspecified atom stereocenters. The number of amides is 1. The van der Waals surface area contributed by atoms with E-state index in [-0.39, 0.29) is 11.7 Å². The molecule has 1 amide bonds. The lowest BCUT2D eigenvalue weighted by Crippen LogP contribution is -2.23. The number of carbonyl (C=O) groups excluding carboxylic acids is 1. The molecule has 0 saturated carbocycles. The van der Waals surface area contributed by atoms with Gasteiger partial charge in [0.2, 0.25) is 0 Å². The van der Waals surface area contributed by atoms with Crippen molar-refractivity contribution >= 4 is 21.8 Å². The highest BCUT2D eigenvalue weighted by Gasteiger charge is 2.09. The number of nitrogens with zero attached hydrogens (tertiary/aromatic N) is 4. The first kappa shape index (κ1) is 15.4. The van der Waals surface area contributed by atoms with Crippen LogP contribution in [-0.2, 0) is 13.2 Å². The summed E-state index contributed by atoms with van der Waals surface area (Å²) in [5.41, 5.74) is 1.14. The van der Waals surface area contributed by atoms with Crippen LogP contribution in [0.15, 0.2) is 53.4 Å². The SMILES string of the molecule is O=C(NCc1ccc(F)cc1)c1ccn(Cn2cc(Br)cn2)n1. The molecule has 0 atom stereocenters. The Kier molecular flexibility index (Phi) is 4.52. The lowest BCUT2D eigenvalue weighted by molar-refractivity contribution is 0.0945. The molecule has 3 aromatic rings. The van der Waals surface area contributed by atoms with Gasteiger partial charge in [-0.2, -0.15) is 10.2 Å². The van der Waals surface area contributed by atoms with E-state index in [0.717, 1.165) is 10.0 Å². The Balaban J connectivity index is 1.58. The quantitative estimate of drug-likeness (QED) is 0.742. The van der Waals surface area contributed by atoms with Gasteiger partial charge in [0.15, 0.2) is 0 Å². The minimum Gasteiger partial charge on any atom is -0.347 e. The number of benzene rings is 1. The van der Waals surface area contributed by atoms with Crippen molar-refractivity contribution in [2.45, 2.75) is 13.2 Å². The van der Waals surface area contributed by atoms with Crippen molar-refractivity contribution in [3.63, 3.8) is 0 Å². The van der Waals surface area contributed by atoms with Crippen LogP contribution in [0, 0.1) is 5.82 Å². The molecular weight excluding hydrogens is 365 g/mol. The summed E-state index contributed by atoms with van der Waals surface area (Å²) < 4.78 is 17.0. The number of hydrogen-bond donors (Lipinski definition) is 1. The first-order chi connectivity index (χ1) is 11.1. The molecule has 0 saturated heterocycles. The first-order valence-electron chi connectivity index (χ1n) is 6.84. The summed E-state index contributed by atoms with van der Waals surface area (Å²) in [5.74, 6) is -0.584. The molecule has 0 bridgehead atoms. The summed E-state index contributed by atoms with van der Waals surface area (Å²) in [5, 5.41) is 11.1. The third-order valence-corrected chi connectivity index (χ3v) is 3.54. The minimum absolute atomic E-state index is 0.283. The second-order valence-electron chi connectivity index (χ2n) is 4.89. The molecular formula is C15H13BrFN5O. The summed E-state index contributed by atoms with van der Waals surface area (Å²) in [6, 6.07) is 7.61. The number of aromatic nitrogens is 4. The number of nitrogens with one attached hydrogen (secondary N) is 1. The second kappa shape index (κ2) is 6.74. The van der Waals surface area contributed by atoms with E-state index in [4.69, 9.17) is 0 Å². The van der Waals surface area contributed by atoms with Crippen LogP contribution in [0.2, 0.25) is 0 Å². The standard InChI is InChI=1S/C15H13BrFN5O/c16-12-8-19-22(9-12)10-21-6-5-14(20-21)15(23)18-7-11-1-3-13(17)4-2-11/h1-6,8-9H,7,10H2,(H,18,23). The molecule has 1 aromatic carbocycles. The Morgan fingerprint density at radius 2 is 2.00 bits per heavy atom. The Labute approximate surface area is 140 Å². The van der Waals surface area contributed by atoms with E-state index in [1.54, 1.807) is 40.0 Å². The monoisotopic (exact) mass is 377 g/mol. The lowest BCUT2D eigenvalue weighted by atomic mass is 10.2. The van der Waals surface area contributed by atoms with Crippen molar-refractivity contribution in [2.24, 2.45) is 0 Å². The maximum atomic E-state index is 12.8. The third-order valence-electron chi connectivity index (χ3n) is 3.13. The van der Waals surface area contributed by atoms with Gasteiger partial charge in [0.1, 0.15) is 18.2 Å². The molecule has 118 valence electrons.